The Labute approximate surface area is 126 Å². The van der Waals surface area contributed by atoms with Crippen LogP contribution in [0.5, 0.6) is 0 Å². The number of sulfonamides is 1. The molecule has 0 aromatic heterocycles. The summed E-state index contributed by atoms with van der Waals surface area (Å²) in [5, 5.41) is 5.90. The summed E-state index contributed by atoms with van der Waals surface area (Å²) in [4.78, 5) is 11.0. The van der Waals surface area contributed by atoms with Crippen LogP contribution >= 0.6 is 0 Å². The second-order valence-corrected chi connectivity index (χ2v) is 7.38. The highest BCUT2D eigenvalue weighted by molar-refractivity contribution is 7.89. The maximum atomic E-state index is 11.7. The minimum atomic E-state index is -3.19. The molecule has 21 heavy (non-hydrogen) atoms. The number of amides is 1. The summed E-state index contributed by atoms with van der Waals surface area (Å²) in [6.45, 7) is 3.78. The molecular weight excluding hydrogens is 290 g/mol. The molecule has 1 aromatic carbocycles. The molecule has 1 atom stereocenters. The van der Waals surface area contributed by atoms with Gasteiger partial charge in [-0.15, -0.1) is 0 Å². The van der Waals surface area contributed by atoms with Crippen LogP contribution in [0.25, 0.3) is 0 Å². The first kappa shape index (κ1) is 17.6. The molecule has 0 aliphatic heterocycles. The van der Waals surface area contributed by atoms with E-state index in [1.807, 2.05) is 31.2 Å². The Balaban J connectivity index is 2.60. The first-order chi connectivity index (χ1) is 9.72. The van der Waals surface area contributed by atoms with Crippen molar-refractivity contribution >= 4 is 21.6 Å². The molecule has 1 unspecified atom stereocenters. The number of carbonyl (C=O) groups is 1. The fourth-order valence-corrected chi connectivity index (χ4v) is 2.53. The monoisotopic (exact) mass is 313 g/mol. The normalized spacial score (nSPS) is 13.2. The predicted octanol–water partition coefficient (Wildman–Crippen LogP) is 1.19. The molecule has 0 saturated carbocycles. The number of carbonyl (C=O) groups excluding carboxylic acids is 1. The Morgan fingerprint density at radius 1 is 1.33 bits per heavy atom. The highest BCUT2D eigenvalue weighted by Gasteiger charge is 2.14. The van der Waals surface area contributed by atoms with E-state index in [2.05, 4.69) is 10.6 Å². The van der Waals surface area contributed by atoms with E-state index in [0.717, 1.165) is 11.3 Å². The van der Waals surface area contributed by atoms with Crippen molar-refractivity contribution in [3.8, 4) is 0 Å². The molecule has 0 fully saturated rings. The van der Waals surface area contributed by atoms with Gasteiger partial charge in [-0.2, -0.15) is 0 Å². The van der Waals surface area contributed by atoms with E-state index in [4.69, 9.17) is 0 Å². The largest absolute Gasteiger partial charge is 0.326 e. The average Bonchev–Trinajstić information content (AvgIpc) is 2.37. The summed E-state index contributed by atoms with van der Waals surface area (Å²) >= 11 is 0. The van der Waals surface area contributed by atoms with Gasteiger partial charge in [-0.05, 0) is 24.6 Å². The number of hydrogen-bond acceptors (Lipinski definition) is 4. The average molecular weight is 313 g/mol. The van der Waals surface area contributed by atoms with Crippen molar-refractivity contribution in [1.82, 2.24) is 9.62 Å². The number of hydrogen-bond donors (Lipinski definition) is 2. The number of nitrogens with one attached hydrogen (secondary N) is 2. The van der Waals surface area contributed by atoms with Crippen LogP contribution in [0.4, 0.5) is 5.69 Å². The summed E-state index contributed by atoms with van der Waals surface area (Å²) < 4.78 is 24.5. The molecule has 0 saturated heterocycles. The van der Waals surface area contributed by atoms with Gasteiger partial charge in [0.1, 0.15) is 0 Å². The smallest absolute Gasteiger partial charge is 0.221 e. The molecule has 0 aliphatic rings. The maximum Gasteiger partial charge on any atom is 0.221 e. The fraction of sp³-hybridized carbons (Fsp3) is 0.500. The first-order valence-corrected chi connectivity index (χ1v) is 8.34. The Kier molecular flexibility index (Phi) is 6.32. The van der Waals surface area contributed by atoms with Gasteiger partial charge in [-0.25, -0.2) is 12.7 Å². The van der Waals surface area contributed by atoms with Crippen LogP contribution in [0.3, 0.4) is 0 Å². The predicted molar refractivity (Wildman–Crippen MR) is 84.6 cm³/mol. The minimum absolute atomic E-state index is 0.00364. The minimum Gasteiger partial charge on any atom is -0.326 e. The van der Waals surface area contributed by atoms with Gasteiger partial charge in [-0.1, -0.05) is 12.1 Å². The Morgan fingerprint density at radius 3 is 2.57 bits per heavy atom. The maximum absolute atomic E-state index is 11.7. The van der Waals surface area contributed by atoms with E-state index < -0.39 is 10.0 Å². The summed E-state index contributed by atoms with van der Waals surface area (Å²) in [6.07, 6.45) is 0. The molecule has 7 heteroatoms. The molecule has 1 amide bonds. The molecule has 0 aliphatic carbocycles. The highest BCUT2D eigenvalue weighted by Crippen LogP contribution is 2.17. The van der Waals surface area contributed by atoms with E-state index in [9.17, 15) is 13.2 Å². The fourth-order valence-electron chi connectivity index (χ4n) is 1.79. The van der Waals surface area contributed by atoms with Crippen LogP contribution in [0.1, 0.15) is 25.5 Å². The van der Waals surface area contributed by atoms with Crippen molar-refractivity contribution < 1.29 is 13.2 Å². The zero-order chi connectivity index (χ0) is 16.0. The van der Waals surface area contributed by atoms with E-state index >= 15 is 0 Å². The van der Waals surface area contributed by atoms with E-state index in [-0.39, 0.29) is 17.7 Å². The number of nitrogens with zero attached hydrogens (tertiary/aromatic N) is 1. The summed E-state index contributed by atoms with van der Waals surface area (Å²) in [5.74, 6) is -0.0692. The molecule has 0 heterocycles. The number of benzene rings is 1. The molecule has 1 aromatic rings. The zero-order valence-corrected chi connectivity index (χ0v) is 13.7. The van der Waals surface area contributed by atoms with Crippen molar-refractivity contribution in [2.45, 2.75) is 19.9 Å². The van der Waals surface area contributed by atoms with Gasteiger partial charge in [0.25, 0.3) is 0 Å². The van der Waals surface area contributed by atoms with Crippen molar-refractivity contribution in [3.05, 3.63) is 29.8 Å². The van der Waals surface area contributed by atoms with Crippen molar-refractivity contribution in [2.75, 3.05) is 31.7 Å². The SMILES string of the molecule is CC(=O)Nc1cccc(C(C)NCCS(=O)(=O)N(C)C)c1. The Bertz CT molecular complexity index is 585. The lowest BCUT2D eigenvalue weighted by atomic mass is 10.1. The summed E-state index contributed by atoms with van der Waals surface area (Å²) in [5.41, 5.74) is 1.72. The molecule has 0 radical (unpaired) electrons. The van der Waals surface area contributed by atoms with Crippen molar-refractivity contribution in [2.24, 2.45) is 0 Å². The number of anilines is 1. The van der Waals surface area contributed by atoms with Crippen LogP contribution in [0.2, 0.25) is 0 Å². The van der Waals surface area contributed by atoms with Gasteiger partial charge >= 0.3 is 0 Å². The van der Waals surface area contributed by atoms with E-state index in [1.54, 1.807) is 0 Å². The zero-order valence-electron chi connectivity index (χ0n) is 12.9. The quantitative estimate of drug-likeness (QED) is 0.792. The van der Waals surface area contributed by atoms with Crippen LogP contribution < -0.4 is 10.6 Å². The lowest BCUT2D eigenvalue weighted by molar-refractivity contribution is -0.114. The van der Waals surface area contributed by atoms with Gasteiger partial charge in [0.05, 0.1) is 5.75 Å². The van der Waals surface area contributed by atoms with Crippen molar-refractivity contribution in [3.63, 3.8) is 0 Å². The van der Waals surface area contributed by atoms with Crippen LogP contribution in [0, 0.1) is 0 Å². The van der Waals surface area contributed by atoms with Gasteiger partial charge in [0, 0.05) is 39.3 Å². The van der Waals surface area contributed by atoms with Crippen molar-refractivity contribution in [1.29, 1.82) is 0 Å². The third-order valence-corrected chi connectivity index (χ3v) is 4.91. The van der Waals surface area contributed by atoms with E-state index in [1.165, 1.54) is 25.3 Å². The van der Waals surface area contributed by atoms with Crippen LogP contribution in [-0.4, -0.2) is 45.0 Å². The third-order valence-electron chi connectivity index (χ3n) is 3.07. The third kappa shape index (κ3) is 5.82. The lowest BCUT2D eigenvalue weighted by Crippen LogP contribution is -2.32. The highest BCUT2D eigenvalue weighted by atomic mass is 32.2. The summed E-state index contributed by atoms with van der Waals surface area (Å²) in [7, 11) is -0.139. The first-order valence-electron chi connectivity index (χ1n) is 6.73. The second-order valence-electron chi connectivity index (χ2n) is 5.08. The standard InChI is InChI=1S/C14H23N3O3S/c1-11(15-8-9-21(19,20)17(3)4)13-6-5-7-14(10-13)16-12(2)18/h5-7,10-11,15H,8-9H2,1-4H3,(H,16,18). The molecule has 0 bridgehead atoms. The van der Waals surface area contributed by atoms with Gasteiger partial charge in [0.2, 0.25) is 15.9 Å². The lowest BCUT2D eigenvalue weighted by Gasteiger charge is -2.17. The Hall–Kier alpha value is -1.44. The molecule has 2 N–H and O–H groups in total. The van der Waals surface area contributed by atoms with Crippen LogP contribution in [-0.2, 0) is 14.8 Å². The van der Waals surface area contributed by atoms with Crippen LogP contribution in [0.15, 0.2) is 24.3 Å². The van der Waals surface area contributed by atoms with E-state index in [0.29, 0.717) is 6.54 Å². The molecule has 0 spiro atoms. The second kappa shape index (κ2) is 7.53. The molecule has 118 valence electrons. The van der Waals surface area contributed by atoms with Gasteiger partial charge in [-0.3, -0.25) is 4.79 Å². The van der Waals surface area contributed by atoms with Gasteiger partial charge < -0.3 is 10.6 Å². The summed E-state index contributed by atoms with van der Waals surface area (Å²) in [6, 6.07) is 7.47. The molecular formula is C14H23N3O3S. The van der Waals surface area contributed by atoms with Gasteiger partial charge in [0.15, 0.2) is 0 Å². The number of rotatable bonds is 7. The Morgan fingerprint density at radius 2 is 2.00 bits per heavy atom. The molecule has 1 rings (SSSR count). The molecule has 6 nitrogen and oxygen atoms in total. The topological polar surface area (TPSA) is 78.5 Å².